The molecular formula is C16H31NO5. The third-order valence-electron chi connectivity index (χ3n) is 1.47. The van der Waals surface area contributed by atoms with E-state index in [4.69, 9.17) is 15.0 Å². The van der Waals surface area contributed by atoms with Crippen LogP contribution >= 0.6 is 0 Å². The van der Waals surface area contributed by atoms with Crippen molar-refractivity contribution in [3.8, 4) is 0 Å². The van der Waals surface area contributed by atoms with E-state index in [0.29, 0.717) is 6.42 Å². The fourth-order valence-electron chi connectivity index (χ4n) is 0.932. The van der Waals surface area contributed by atoms with Crippen LogP contribution in [0.15, 0.2) is 24.5 Å². The number of carboxylic acids is 1. The summed E-state index contributed by atoms with van der Waals surface area (Å²) in [6.45, 7) is 9.29. The number of carboxylic acid groups (broad SMARTS) is 1. The normalized spacial score (nSPS) is 7.23. The molecule has 0 atom stereocenters. The van der Waals surface area contributed by atoms with Gasteiger partial charge in [-0.15, -0.1) is 0 Å². The number of aldehydes is 1. The molecule has 0 aliphatic rings. The molecule has 22 heavy (non-hydrogen) atoms. The zero-order valence-electron chi connectivity index (χ0n) is 14.6. The maximum absolute atomic E-state index is 10.1. The third-order valence-corrected chi connectivity index (χ3v) is 1.47. The average molecular weight is 317 g/mol. The maximum Gasteiger partial charge on any atom is 0.303 e. The van der Waals surface area contributed by atoms with Crippen molar-refractivity contribution in [2.24, 2.45) is 0 Å². The number of aromatic nitrogens is 1. The largest absolute Gasteiger partial charge is 0.481 e. The van der Waals surface area contributed by atoms with Gasteiger partial charge in [0.2, 0.25) is 0 Å². The summed E-state index contributed by atoms with van der Waals surface area (Å²) in [4.78, 5) is 28.4. The molecule has 0 bridgehead atoms. The number of aliphatic carboxylic acids is 1. The van der Waals surface area contributed by atoms with Gasteiger partial charge in [-0.3, -0.25) is 4.79 Å². The fraction of sp³-hybridized carbons (Fsp3) is 0.562. The quantitative estimate of drug-likeness (QED) is 0.832. The lowest BCUT2D eigenvalue weighted by Crippen LogP contribution is -1.99. The predicted octanol–water partition coefficient (Wildman–Crippen LogP) is 2.79. The first-order valence-corrected chi connectivity index (χ1v) is 7.08. The number of carbonyl (C=O) groups excluding carboxylic acids is 2. The number of aliphatic hydroxyl groups excluding tert-OH is 1. The van der Waals surface area contributed by atoms with Crippen molar-refractivity contribution >= 4 is 18.0 Å². The Bertz CT molecular complexity index is 330. The molecule has 1 aromatic heterocycles. The first-order valence-electron chi connectivity index (χ1n) is 7.08. The van der Waals surface area contributed by atoms with E-state index in [1.165, 1.54) is 20.8 Å². The van der Waals surface area contributed by atoms with E-state index in [2.05, 4.69) is 0 Å². The van der Waals surface area contributed by atoms with Crippen molar-refractivity contribution in [1.29, 1.82) is 0 Å². The van der Waals surface area contributed by atoms with Crippen molar-refractivity contribution in [3.63, 3.8) is 0 Å². The van der Waals surface area contributed by atoms with Crippen LogP contribution in [0.1, 0.15) is 47.5 Å². The van der Waals surface area contributed by atoms with E-state index in [9.17, 15) is 9.59 Å². The number of Topliss-reactive ketones (excluding diaryl/α,β-unsaturated/α-hetero) is 1. The molecule has 0 aromatic carbocycles. The number of ketones is 1. The van der Waals surface area contributed by atoms with Crippen LogP contribution in [-0.4, -0.2) is 39.9 Å². The van der Waals surface area contributed by atoms with E-state index < -0.39 is 5.97 Å². The van der Waals surface area contributed by atoms with Gasteiger partial charge < -0.3 is 24.4 Å². The van der Waals surface area contributed by atoms with Crippen LogP contribution < -0.4 is 0 Å². The monoisotopic (exact) mass is 317 g/mol. The number of nitrogens with zero attached hydrogens (tertiary/aromatic N) is 1. The second-order valence-electron chi connectivity index (χ2n) is 3.56. The maximum atomic E-state index is 10.1. The summed E-state index contributed by atoms with van der Waals surface area (Å²) in [5.74, 6) is -0.558. The van der Waals surface area contributed by atoms with Gasteiger partial charge >= 0.3 is 5.97 Å². The lowest BCUT2D eigenvalue weighted by molar-refractivity contribution is -0.137. The molecule has 6 nitrogen and oxygen atoms in total. The van der Waals surface area contributed by atoms with Crippen molar-refractivity contribution in [1.82, 2.24) is 4.57 Å². The SMILES string of the molecule is CC.CC(C)=O.CC=O.CO.O=C(O)CCCn1cccc1. The standard InChI is InChI=1S/C8H11NO2.C3H6O.C2H4O.C2H6.CH4O/c10-8(11)4-3-7-9-5-1-2-6-9;1-3(2)4;1-2-3;2*1-2/h1-2,5-6H,3-4,7H2,(H,10,11);1-2H3;2H,1H3;1-2H3;2H,1H3. The zero-order valence-corrected chi connectivity index (χ0v) is 14.6. The average Bonchev–Trinajstić information content (AvgIpc) is 2.96. The molecule has 1 rings (SSSR count). The van der Waals surface area contributed by atoms with E-state index in [1.807, 2.05) is 42.9 Å². The smallest absolute Gasteiger partial charge is 0.303 e. The summed E-state index contributed by atoms with van der Waals surface area (Å²) in [5.41, 5.74) is 0. The molecule has 1 heterocycles. The molecule has 6 heteroatoms. The lowest BCUT2D eigenvalue weighted by atomic mass is 10.3. The minimum absolute atomic E-state index is 0.167. The molecule has 0 saturated carbocycles. The molecular weight excluding hydrogens is 286 g/mol. The van der Waals surface area contributed by atoms with Crippen LogP contribution in [0.5, 0.6) is 0 Å². The second-order valence-corrected chi connectivity index (χ2v) is 3.56. The molecule has 0 saturated heterocycles. The third kappa shape index (κ3) is 43.0. The van der Waals surface area contributed by atoms with Crippen molar-refractivity contribution in [2.45, 2.75) is 54.0 Å². The van der Waals surface area contributed by atoms with Crippen molar-refractivity contribution in [3.05, 3.63) is 24.5 Å². The number of aryl methyl sites for hydroxylation is 1. The van der Waals surface area contributed by atoms with Gasteiger partial charge in [0.05, 0.1) is 0 Å². The van der Waals surface area contributed by atoms with Crippen LogP contribution in [0.2, 0.25) is 0 Å². The van der Waals surface area contributed by atoms with Crippen LogP contribution in [0.4, 0.5) is 0 Å². The summed E-state index contributed by atoms with van der Waals surface area (Å²) in [5, 5.41) is 15.3. The summed E-state index contributed by atoms with van der Waals surface area (Å²) in [6, 6.07) is 3.86. The Hall–Kier alpha value is -1.95. The number of aliphatic hydroxyl groups is 1. The molecule has 0 unspecified atom stereocenters. The van der Waals surface area contributed by atoms with Gasteiger partial charge in [0.1, 0.15) is 12.1 Å². The Kier molecular flexibility index (Phi) is 35.2. The van der Waals surface area contributed by atoms with Gasteiger partial charge in [0.15, 0.2) is 0 Å². The minimum atomic E-state index is -0.725. The Morgan fingerprint density at radius 3 is 1.68 bits per heavy atom. The Morgan fingerprint density at radius 2 is 1.41 bits per heavy atom. The molecule has 0 fully saturated rings. The van der Waals surface area contributed by atoms with Gasteiger partial charge in [-0.2, -0.15) is 0 Å². The van der Waals surface area contributed by atoms with Crippen LogP contribution in [-0.2, 0) is 20.9 Å². The van der Waals surface area contributed by atoms with Crippen molar-refractivity contribution in [2.75, 3.05) is 7.11 Å². The number of hydrogen-bond donors (Lipinski definition) is 2. The molecule has 0 radical (unpaired) electrons. The molecule has 0 spiro atoms. The number of hydrogen-bond acceptors (Lipinski definition) is 4. The fourth-order valence-corrected chi connectivity index (χ4v) is 0.932. The highest BCUT2D eigenvalue weighted by Crippen LogP contribution is 1.96. The molecule has 0 aliphatic carbocycles. The molecule has 2 N–H and O–H groups in total. The molecule has 0 amide bonds. The van der Waals surface area contributed by atoms with Gasteiger partial charge in [0.25, 0.3) is 0 Å². The molecule has 0 aliphatic heterocycles. The minimum Gasteiger partial charge on any atom is -0.481 e. The van der Waals surface area contributed by atoms with Gasteiger partial charge in [-0.05, 0) is 39.3 Å². The highest BCUT2D eigenvalue weighted by molar-refractivity contribution is 5.72. The van der Waals surface area contributed by atoms with E-state index in [1.54, 1.807) is 0 Å². The highest BCUT2D eigenvalue weighted by atomic mass is 16.4. The molecule has 130 valence electrons. The van der Waals surface area contributed by atoms with Crippen LogP contribution in [0, 0.1) is 0 Å². The Labute approximate surface area is 133 Å². The van der Waals surface area contributed by atoms with Crippen LogP contribution in [0.3, 0.4) is 0 Å². The lowest BCUT2D eigenvalue weighted by Gasteiger charge is -1.98. The van der Waals surface area contributed by atoms with Gasteiger partial charge in [-0.25, -0.2) is 0 Å². The van der Waals surface area contributed by atoms with Crippen LogP contribution in [0.25, 0.3) is 0 Å². The van der Waals surface area contributed by atoms with Gasteiger partial charge in [0, 0.05) is 32.5 Å². The van der Waals surface area contributed by atoms with E-state index in [-0.39, 0.29) is 12.2 Å². The summed E-state index contributed by atoms with van der Waals surface area (Å²) in [6.07, 6.45) is 5.56. The topological polar surface area (TPSA) is 96.6 Å². The summed E-state index contributed by atoms with van der Waals surface area (Å²) >= 11 is 0. The number of rotatable bonds is 4. The van der Waals surface area contributed by atoms with E-state index in [0.717, 1.165) is 19.9 Å². The summed E-state index contributed by atoms with van der Waals surface area (Å²) < 4.78 is 1.98. The zero-order chi connectivity index (χ0) is 18.4. The molecule has 1 aromatic rings. The number of carbonyl (C=O) groups is 3. The first kappa shape index (κ1) is 28.2. The Balaban J connectivity index is -0.000000123. The summed E-state index contributed by atoms with van der Waals surface area (Å²) in [7, 11) is 1.00. The van der Waals surface area contributed by atoms with Gasteiger partial charge in [-0.1, -0.05) is 13.8 Å². The highest BCUT2D eigenvalue weighted by Gasteiger charge is 1.95. The second kappa shape index (κ2) is 27.4. The van der Waals surface area contributed by atoms with Crippen molar-refractivity contribution < 1.29 is 24.6 Å². The predicted molar refractivity (Wildman–Crippen MR) is 88.9 cm³/mol. The first-order chi connectivity index (χ1) is 10.4. The van der Waals surface area contributed by atoms with E-state index >= 15 is 0 Å². The Morgan fingerprint density at radius 1 is 1.09 bits per heavy atom.